The summed E-state index contributed by atoms with van der Waals surface area (Å²) in [6.07, 6.45) is -6.35. The van der Waals surface area contributed by atoms with Crippen molar-refractivity contribution in [2.75, 3.05) is 26.8 Å². The topological polar surface area (TPSA) is 111 Å². The molecule has 0 saturated carbocycles. The zero-order chi connectivity index (χ0) is 12.1. The first-order valence-electron chi connectivity index (χ1n) is 5.15. The molecule has 1 heterocycles. The Morgan fingerprint density at radius 3 is 2.44 bits per heavy atom. The summed E-state index contributed by atoms with van der Waals surface area (Å²) < 4.78 is 9.77. The molecule has 1 unspecified atom stereocenters. The van der Waals surface area contributed by atoms with Crippen LogP contribution in [0.2, 0.25) is 0 Å². The van der Waals surface area contributed by atoms with E-state index in [1.54, 1.807) is 7.11 Å². The molecule has 1 rings (SSSR count). The lowest BCUT2D eigenvalue weighted by molar-refractivity contribution is -0.280. The normalized spacial score (nSPS) is 39.9. The van der Waals surface area contributed by atoms with Gasteiger partial charge in [0.05, 0.1) is 6.61 Å². The van der Waals surface area contributed by atoms with Gasteiger partial charge in [0.2, 0.25) is 0 Å². The van der Waals surface area contributed by atoms with Gasteiger partial charge in [-0.3, -0.25) is 0 Å². The molecular formula is C9H19NO6. The minimum Gasteiger partial charge on any atom is -0.388 e. The summed E-state index contributed by atoms with van der Waals surface area (Å²) in [6, 6.07) is 0. The summed E-state index contributed by atoms with van der Waals surface area (Å²) in [5.74, 6) is 0. The lowest BCUT2D eigenvalue weighted by atomic mass is 9.99. The second kappa shape index (κ2) is 6.45. The second-order valence-electron chi connectivity index (χ2n) is 3.73. The number of ether oxygens (including phenoxy) is 2. The first-order valence-corrected chi connectivity index (χ1v) is 5.15. The number of rotatable bonds is 5. The minimum absolute atomic E-state index is 0.255. The molecule has 0 aromatic heterocycles. The molecule has 16 heavy (non-hydrogen) atoms. The lowest BCUT2D eigenvalue weighted by Gasteiger charge is -2.38. The Hall–Kier alpha value is -0.280. The first kappa shape index (κ1) is 13.8. The molecule has 5 N–H and O–H groups in total. The van der Waals surface area contributed by atoms with Gasteiger partial charge in [0.25, 0.3) is 0 Å². The molecule has 1 aliphatic heterocycles. The number of aliphatic hydroxyl groups excluding tert-OH is 4. The molecule has 0 aliphatic carbocycles. The molecule has 0 bridgehead atoms. The van der Waals surface area contributed by atoms with Gasteiger partial charge < -0.3 is 35.2 Å². The highest BCUT2D eigenvalue weighted by atomic mass is 16.6. The van der Waals surface area contributed by atoms with Crippen LogP contribution in [0.4, 0.5) is 0 Å². The van der Waals surface area contributed by atoms with E-state index >= 15 is 0 Å². The van der Waals surface area contributed by atoms with E-state index < -0.39 is 30.7 Å². The lowest BCUT2D eigenvalue weighted by Crippen LogP contribution is -2.59. The van der Waals surface area contributed by atoms with Crippen molar-refractivity contribution in [3.63, 3.8) is 0 Å². The molecule has 96 valence electrons. The number of hydrogen-bond donors (Lipinski definition) is 5. The minimum atomic E-state index is -1.48. The molecule has 5 atom stereocenters. The second-order valence-corrected chi connectivity index (χ2v) is 3.73. The Labute approximate surface area is 93.6 Å². The van der Waals surface area contributed by atoms with E-state index in [9.17, 15) is 20.4 Å². The maximum absolute atomic E-state index is 9.56. The van der Waals surface area contributed by atoms with E-state index in [0.717, 1.165) is 0 Å². The third-order valence-electron chi connectivity index (χ3n) is 2.52. The molecule has 0 spiro atoms. The average molecular weight is 237 g/mol. The third-order valence-corrected chi connectivity index (χ3v) is 2.52. The summed E-state index contributed by atoms with van der Waals surface area (Å²) in [5.41, 5.74) is 0. The van der Waals surface area contributed by atoms with Crippen molar-refractivity contribution < 1.29 is 29.9 Å². The van der Waals surface area contributed by atoms with Crippen LogP contribution in [-0.4, -0.2) is 77.9 Å². The van der Waals surface area contributed by atoms with Gasteiger partial charge in [0.1, 0.15) is 24.4 Å². The Bertz CT molecular complexity index is 204. The monoisotopic (exact) mass is 237 g/mol. The van der Waals surface area contributed by atoms with E-state index in [1.165, 1.54) is 0 Å². The van der Waals surface area contributed by atoms with Crippen LogP contribution in [0.1, 0.15) is 0 Å². The average Bonchev–Trinajstić information content (AvgIpc) is 2.28. The molecule has 0 radical (unpaired) electrons. The highest BCUT2D eigenvalue weighted by Crippen LogP contribution is 2.19. The molecule has 7 nitrogen and oxygen atoms in total. The van der Waals surface area contributed by atoms with Crippen LogP contribution in [0.25, 0.3) is 0 Å². The van der Waals surface area contributed by atoms with Gasteiger partial charge in [-0.15, -0.1) is 0 Å². The maximum Gasteiger partial charge on any atom is 0.184 e. The van der Waals surface area contributed by atoms with Crippen molar-refractivity contribution >= 4 is 0 Å². The predicted molar refractivity (Wildman–Crippen MR) is 53.6 cm³/mol. The molecule has 0 aromatic rings. The van der Waals surface area contributed by atoms with E-state index in [4.69, 9.17) is 9.47 Å². The van der Waals surface area contributed by atoms with E-state index in [2.05, 4.69) is 5.32 Å². The first-order chi connectivity index (χ1) is 7.57. The molecule has 0 amide bonds. The zero-order valence-corrected chi connectivity index (χ0v) is 9.11. The standard InChI is InChI=1S/C9H19NO6/c1-15-3-2-10-4-5-6(11)7(12)8(13)9(14)16-5/h5-14H,2-4H2,1H3/t5-,6-,7+,8-,9?/m1/s1. The SMILES string of the molecule is COCCNC[C@H]1OC(O)[C@H](O)[C@@H](O)[C@@H]1O. The fourth-order valence-electron chi connectivity index (χ4n) is 1.52. The zero-order valence-electron chi connectivity index (χ0n) is 9.11. The van der Waals surface area contributed by atoms with Crippen molar-refractivity contribution in [2.45, 2.75) is 30.7 Å². The Balaban J connectivity index is 2.35. The van der Waals surface area contributed by atoms with Crippen molar-refractivity contribution in [1.82, 2.24) is 5.32 Å². The van der Waals surface area contributed by atoms with Crippen LogP contribution < -0.4 is 5.32 Å². The quantitative estimate of drug-likeness (QED) is 0.324. The summed E-state index contributed by atoms with van der Waals surface area (Å²) >= 11 is 0. The van der Waals surface area contributed by atoms with Gasteiger partial charge in [0, 0.05) is 20.2 Å². The Morgan fingerprint density at radius 2 is 1.81 bits per heavy atom. The number of methoxy groups -OCH3 is 1. The van der Waals surface area contributed by atoms with Gasteiger partial charge in [-0.2, -0.15) is 0 Å². The fraction of sp³-hybridized carbons (Fsp3) is 1.00. The van der Waals surface area contributed by atoms with Crippen molar-refractivity contribution in [2.24, 2.45) is 0 Å². The Kier molecular flexibility index (Phi) is 5.56. The van der Waals surface area contributed by atoms with E-state index in [-0.39, 0.29) is 6.54 Å². The molecule has 7 heteroatoms. The number of aliphatic hydroxyl groups is 4. The molecular weight excluding hydrogens is 218 g/mol. The van der Waals surface area contributed by atoms with Crippen LogP contribution in [0.5, 0.6) is 0 Å². The summed E-state index contributed by atoms with van der Waals surface area (Å²) in [6.45, 7) is 1.33. The highest BCUT2D eigenvalue weighted by molar-refractivity contribution is 4.89. The van der Waals surface area contributed by atoms with E-state index in [1.807, 2.05) is 0 Å². The van der Waals surface area contributed by atoms with Gasteiger partial charge >= 0.3 is 0 Å². The number of hydrogen-bond acceptors (Lipinski definition) is 7. The summed E-state index contributed by atoms with van der Waals surface area (Å²) in [7, 11) is 1.57. The smallest absolute Gasteiger partial charge is 0.184 e. The van der Waals surface area contributed by atoms with Crippen molar-refractivity contribution in [3.8, 4) is 0 Å². The maximum atomic E-state index is 9.56. The molecule has 1 aliphatic rings. The van der Waals surface area contributed by atoms with Crippen molar-refractivity contribution in [1.29, 1.82) is 0 Å². The van der Waals surface area contributed by atoms with Crippen LogP contribution >= 0.6 is 0 Å². The van der Waals surface area contributed by atoms with Crippen LogP contribution in [-0.2, 0) is 9.47 Å². The van der Waals surface area contributed by atoms with Gasteiger partial charge in [-0.1, -0.05) is 0 Å². The molecule has 1 fully saturated rings. The third kappa shape index (κ3) is 3.36. The van der Waals surface area contributed by atoms with Crippen LogP contribution in [0, 0.1) is 0 Å². The van der Waals surface area contributed by atoms with Gasteiger partial charge in [-0.25, -0.2) is 0 Å². The van der Waals surface area contributed by atoms with Gasteiger partial charge in [-0.05, 0) is 0 Å². The largest absolute Gasteiger partial charge is 0.388 e. The van der Waals surface area contributed by atoms with E-state index in [0.29, 0.717) is 13.2 Å². The van der Waals surface area contributed by atoms with Crippen LogP contribution in [0.15, 0.2) is 0 Å². The van der Waals surface area contributed by atoms with Crippen LogP contribution in [0.3, 0.4) is 0 Å². The summed E-state index contributed by atoms with van der Waals surface area (Å²) in [4.78, 5) is 0. The number of nitrogens with one attached hydrogen (secondary N) is 1. The fourth-order valence-corrected chi connectivity index (χ4v) is 1.52. The van der Waals surface area contributed by atoms with Gasteiger partial charge in [0.15, 0.2) is 6.29 Å². The Morgan fingerprint density at radius 1 is 1.12 bits per heavy atom. The highest BCUT2D eigenvalue weighted by Gasteiger charge is 2.42. The summed E-state index contributed by atoms with van der Waals surface area (Å²) in [5, 5.41) is 40.4. The molecule has 1 saturated heterocycles. The predicted octanol–water partition coefficient (Wildman–Crippen LogP) is -2.98. The van der Waals surface area contributed by atoms with Crippen molar-refractivity contribution in [3.05, 3.63) is 0 Å². The molecule has 0 aromatic carbocycles.